The number of unbranched alkanes of at least 4 members (excludes halogenated alkanes) is 2. The molecule has 0 radical (unpaired) electrons. The van der Waals surface area contributed by atoms with E-state index in [4.69, 9.17) is 0 Å². The topological polar surface area (TPSA) is 75.5 Å². The molecule has 6 heteroatoms. The van der Waals surface area contributed by atoms with E-state index in [1.165, 1.54) is 0 Å². The molecule has 0 fully saturated rings. The van der Waals surface area contributed by atoms with E-state index in [1.807, 2.05) is 31.3 Å². The van der Waals surface area contributed by atoms with Crippen molar-refractivity contribution in [3.63, 3.8) is 0 Å². The zero-order valence-corrected chi connectivity index (χ0v) is 13.1. The molecule has 2 aromatic rings. The van der Waals surface area contributed by atoms with E-state index in [1.54, 1.807) is 11.4 Å². The van der Waals surface area contributed by atoms with E-state index >= 15 is 0 Å². The van der Waals surface area contributed by atoms with Crippen LogP contribution in [0.3, 0.4) is 0 Å². The van der Waals surface area contributed by atoms with Crippen LogP contribution in [-0.4, -0.2) is 34.8 Å². The summed E-state index contributed by atoms with van der Waals surface area (Å²) in [7, 11) is 1.64. The molecule has 118 valence electrons. The molecule has 0 unspecified atom stereocenters. The average Bonchev–Trinajstić information content (AvgIpc) is 2.85. The minimum atomic E-state index is -0.109. The van der Waals surface area contributed by atoms with Crippen LogP contribution >= 0.6 is 0 Å². The van der Waals surface area contributed by atoms with Crippen molar-refractivity contribution < 1.29 is 9.59 Å². The van der Waals surface area contributed by atoms with Crippen molar-refractivity contribution in [3.8, 4) is 0 Å². The van der Waals surface area contributed by atoms with Crippen LogP contribution in [0, 0.1) is 6.92 Å². The Morgan fingerprint density at radius 1 is 1.23 bits per heavy atom. The number of rotatable bonds is 7. The molecule has 2 amide bonds. The molecule has 6 nitrogen and oxygen atoms in total. The largest absolute Gasteiger partial charge is 0.359 e. The van der Waals surface area contributed by atoms with E-state index in [0.29, 0.717) is 18.7 Å². The first kappa shape index (κ1) is 16.0. The maximum absolute atomic E-state index is 12.3. The summed E-state index contributed by atoms with van der Waals surface area (Å²) in [5.41, 5.74) is 2.08. The van der Waals surface area contributed by atoms with Gasteiger partial charge in [0.05, 0.1) is 5.69 Å². The second-order valence-electron chi connectivity index (χ2n) is 5.21. The Morgan fingerprint density at radius 3 is 2.82 bits per heavy atom. The lowest BCUT2D eigenvalue weighted by molar-refractivity contribution is -0.120. The number of aromatic nitrogens is 2. The monoisotopic (exact) mass is 302 g/mol. The van der Waals surface area contributed by atoms with Crippen LogP contribution in [0.5, 0.6) is 0 Å². The number of pyridine rings is 1. The number of hydrogen-bond donors (Lipinski definition) is 2. The normalized spacial score (nSPS) is 10.6. The molecule has 0 saturated carbocycles. The van der Waals surface area contributed by atoms with Gasteiger partial charge in [-0.1, -0.05) is 12.5 Å². The number of amides is 2. The average molecular weight is 302 g/mol. The first-order valence-corrected chi connectivity index (χ1v) is 7.56. The number of hydrogen-bond acceptors (Lipinski definition) is 3. The van der Waals surface area contributed by atoms with Crippen molar-refractivity contribution in [2.75, 3.05) is 13.6 Å². The van der Waals surface area contributed by atoms with Crippen molar-refractivity contribution in [1.82, 2.24) is 20.0 Å². The summed E-state index contributed by atoms with van der Waals surface area (Å²) in [6.07, 6.45) is 4.99. The van der Waals surface area contributed by atoms with Gasteiger partial charge in [-0.05, 0) is 31.9 Å². The molecule has 2 N–H and O–H groups in total. The van der Waals surface area contributed by atoms with E-state index in [-0.39, 0.29) is 11.8 Å². The number of imidazole rings is 1. The standard InChI is InChI=1S/C16H22N4O2/c1-12-15(20-11-7-5-8-13(20)19-12)16(22)18-10-6-3-4-9-14(21)17-2/h5,7-8,11H,3-4,6,9-10H2,1-2H3,(H,17,21)(H,18,22). The van der Waals surface area contributed by atoms with Crippen LogP contribution in [0.2, 0.25) is 0 Å². The molecular weight excluding hydrogens is 280 g/mol. The molecule has 0 aliphatic rings. The van der Waals surface area contributed by atoms with Crippen LogP contribution < -0.4 is 10.6 Å². The number of fused-ring (bicyclic) bond motifs is 1. The van der Waals surface area contributed by atoms with Crippen molar-refractivity contribution in [2.24, 2.45) is 0 Å². The zero-order chi connectivity index (χ0) is 15.9. The zero-order valence-electron chi connectivity index (χ0n) is 13.1. The Labute approximate surface area is 129 Å². The van der Waals surface area contributed by atoms with Crippen molar-refractivity contribution >= 4 is 17.5 Å². The lowest BCUT2D eigenvalue weighted by Gasteiger charge is -2.06. The number of carbonyl (C=O) groups excluding carboxylic acids is 2. The summed E-state index contributed by atoms with van der Waals surface area (Å²) in [6, 6.07) is 5.65. The first-order valence-electron chi connectivity index (χ1n) is 7.56. The minimum absolute atomic E-state index is 0.0605. The van der Waals surface area contributed by atoms with Gasteiger partial charge in [-0.3, -0.25) is 14.0 Å². The Balaban J connectivity index is 1.82. The molecule has 2 rings (SSSR count). The molecule has 2 aromatic heterocycles. The maximum Gasteiger partial charge on any atom is 0.270 e. The van der Waals surface area contributed by atoms with Gasteiger partial charge in [-0.25, -0.2) is 4.98 Å². The molecule has 0 spiro atoms. The van der Waals surface area contributed by atoms with Crippen molar-refractivity contribution in [2.45, 2.75) is 32.6 Å². The summed E-state index contributed by atoms with van der Waals surface area (Å²) in [6.45, 7) is 2.44. The summed E-state index contributed by atoms with van der Waals surface area (Å²) >= 11 is 0. The number of nitrogens with one attached hydrogen (secondary N) is 2. The van der Waals surface area contributed by atoms with Gasteiger partial charge in [0.1, 0.15) is 11.3 Å². The van der Waals surface area contributed by atoms with E-state index in [2.05, 4.69) is 15.6 Å². The third-order valence-electron chi connectivity index (χ3n) is 3.56. The highest BCUT2D eigenvalue weighted by molar-refractivity contribution is 5.94. The summed E-state index contributed by atoms with van der Waals surface area (Å²) in [5, 5.41) is 5.52. The van der Waals surface area contributed by atoms with Crippen LogP contribution in [0.15, 0.2) is 24.4 Å². The molecule has 0 aromatic carbocycles. The molecule has 2 heterocycles. The molecule has 0 aliphatic heterocycles. The van der Waals surface area contributed by atoms with Crippen LogP contribution in [-0.2, 0) is 4.79 Å². The lowest BCUT2D eigenvalue weighted by atomic mass is 10.2. The molecule has 0 aliphatic carbocycles. The summed E-state index contributed by atoms with van der Waals surface area (Å²) in [4.78, 5) is 27.7. The minimum Gasteiger partial charge on any atom is -0.359 e. The smallest absolute Gasteiger partial charge is 0.270 e. The molecule has 0 saturated heterocycles. The highest BCUT2D eigenvalue weighted by Gasteiger charge is 2.15. The lowest BCUT2D eigenvalue weighted by Crippen LogP contribution is -2.26. The van der Waals surface area contributed by atoms with E-state index < -0.39 is 0 Å². The second kappa shape index (κ2) is 7.59. The predicted molar refractivity (Wildman–Crippen MR) is 84.8 cm³/mol. The Morgan fingerprint density at radius 2 is 2.05 bits per heavy atom. The Kier molecular flexibility index (Phi) is 5.52. The van der Waals surface area contributed by atoms with Gasteiger partial charge in [-0.2, -0.15) is 0 Å². The molecule has 22 heavy (non-hydrogen) atoms. The summed E-state index contributed by atoms with van der Waals surface area (Å²) < 4.78 is 1.80. The first-order chi connectivity index (χ1) is 10.6. The van der Waals surface area contributed by atoms with Gasteiger partial charge in [0, 0.05) is 26.2 Å². The third kappa shape index (κ3) is 3.84. The van der Waals surface area contributed by atoms with Crippen molar-refractivity contribution in [1.29, 1.82) is 0 Å². The van der Waals surface area contributed by atoms with E-state index in [9.17, 15) is 9.59 Å². The van der Waals surface area contributed by atoms with Crippen molar-refractivity contribution in [3.05, 3.63) is 35.8 Å². The highest BCUT2D eigenvalue weighted by atomic mass is 16.2. The Bertz CT molecular complexity index is 663. The predicted octanol–water partition coefficient (Wildman–Crippen LogP) is 1.68. The van der Waals surface area contributed by atoms with Gasteiger partial charge in [0.25, 0.3) is 5.91 Å². The third-order valence-corrected chi connectivity index (χ3v) is 3.56. The quantitative estimate of drug-likeness (QED) is 0.764. The van der Waals surface area contributed by atoms with Gasteiger partial charge in [0.2, 0.25) is 5.91 Å². The fourth-order valence-electron chi connectivity index (χ4n) is 2.39. The Hall–Kier alpha value is -2.37. The van der Waals surface area contributed by atoms with E-state index in [0.717, 1.165) is 30.6 Å². The van der Waals surface area contributed by atoms with Crippen LogP contribution in [0.4, 0.5) is 0 Å². The number of carbonyl (C=O) groups is 2. The van der Waals surface area contributed by atoms with Gasteiger partial charge in [-0.15, -0.1) is 0 Å². The fraction of sp³-hybridized carbons (Fsp3) is 0.438. The number of aryl methyl sites for hydroxylation is 1. The molecule has 0 bridgehead atoms. The maximum atomic E-state index is 12.3. The van der Waals surface area contributed by atoms with Gasteiger partial charge >= 0.3 is 0 Å². The number of nitrogens with zero attached hydrogens (tertiary/aromatic N) is 2. The molecule has 0 atom stereocenters. The van der Waals surface area contributed by atoms with Gasteiger partial charge < -0.3 is 10.6 Å². The highest BCUT2D eigenvalue weighted by Crippen LogP contribution is 2.11. The van der Waals surface area contributed by atoms with Crippen LogP contribution in [0.25, 0.3) is 5.65 Å². The van der Waals surface area contributed by atoms with Crippen LogP contribution in [0.1, 0.15) is 41.9 Å². The van der Waals surface area contributed by atoms with Gasteiger partial charge in [0.15, 0.2) is 0 Å². The molecular formula is C16H22N4O2. The SMILES string of the molecule is CNC(=O)CCCCCNC(=O)c1c(C)nc2ccccn12. The summed E-state index contributed by atoms with van der Waals surface area (Å²) in [5.74, 6) is -0.0482. The fourth-order valence-corrected chi connectivity index (χ4v) is 2.39. The second-order valence-corrected chi connectivity index (χ2v) is 5.21.